The summed E-state index contributed by atoms with van der Waals surface area (Å²) < 4.78 is 35.3. The average Bonchev–Trinajstić information content (AvgIpc) is 3.54. The summed E-state index contributed by atoms with van der Waals surface area (Å²) >= 11 is 2.83. The van der Waals surface area contributed by atoms with Crippen LogP contribution in [0, 0.1) is 6.92 Å². The maximum absolute atomic E-state index is 13.3. The molecule has 0 bridgehead atoms. The largest absolute Gasteiger partial charge is 0.445 e. The van der Waals surface area contributed by atoms with Crippen molar-refractivity contribution in [3.05, 3.63) is 89.8 Å². The molecule has 0 aliphatic heterocycles. The lowest BCUT2D eigenvalue weighted by Gasteiger charge is -2.18. The van der Waals surface area contributed by atoms with Crippen LogP contribution in [0.25, 0.3) is 0 Å². The van der Waals surface area contributed by atoms with Gasteiger partial charge in [-0.15, -0.1) is 11.8 Å². The third-order valence-electron chi connectivity index (χ3n) is 5.50. The van der Waals surface area contributed by atoms with Crippen LogP contribution in [0.3, 0.4) is 0 Å². The Morgan fingerprint density at radius 2 is 1.81 bits per heavy atom. The monoisotopic (exact) mass is 556 g/mol. The fourth-order valence-electron chi connectivity index (χ4n) is 3.47. The number of carbonyl (C=O) groups is 1. The zero-order valence-corrected chi connectivity index (χ0v) is 23.1. The number of oxazole rings is 1. The van der Waals surface area contributed by atoms with E-state index in [1.165, 1.54) is 35.2 Å². The van der Waals surface area contributed by atoms with Gasteiger partial charge in [-0.05, 0) is 38.0 Å². The van der Waals surface area contributed by atoms with Crippen molar-refractivity contribution in [2.24, 2.45) is 0 Å². The highest BCUT2D eigenvalue weighted by atomic mass is 32.2. The van der Waals surface area contributed by atoms with Crippen molar-refractivity contribution in [3.8, 4) is 0 Å². The fourth-order valence-corrected chi connectivity index (χ4v) is 6.76. The molecule has 2 unspecified atom stereocenters. The van der Waals surface area contributed by atoms with Gasteiger partial charge in [-0.3, -0.25) is 4.79 Å². The number of carbonyl (C=O) groups excluding carboxylic acids is 1. The van der Waals surface area contributed by atoms with Crippen molar-refractivity contribution in [2.75, 3.05) is 5.32 Å². The summed E-state index contributed by atoms with van der Waals surface area (Å²) in [5.41, 5.74) is 1.77. The van der Waals surface area contributed by atoms with Crippen molar-refractivity contribution in [3.63, 3.8) is 0 Å². The van der Waals surface area contributed by atoms with Gasteiger partial charge in [-0.25, -0.2) is 18.4 Å². The van der Waals surface area contributed by atoms with Crippen LogP contribution in [0.2, 0.25) is 0 Å². The molecule has 8 nitrogen and oxygen atoms in total. The van der Waals surface area contributed by atoms with E-state index in [9.17, 15) is 13.2 Å². The summed E-state index contributed by atoms with van der Waals surface area (Å²) in [7, 11) is -3.92. The molecule has 2 aromatic carbocycles. The van der Waals surface area contributed by atoms with Gasteiger partial charge in [0.2, 0.25) is 21.8 Å². The molecule has 0 saturated carbocycles. The number of nitrogens with zero attached hydrogens (tertiary/aromatic N) is 2. The van der Waals surface area contributed by atoms with Gasteiger partial charge in [0.15, 0.2) is 5.13 Å². The maximum Gasteiger partial charge on any atom is 0.244 e. The molecule has 0 spiro atoms. The first-order chi connectivity index (χ1) is 17.7. The fraction of sp³-hybridized carbons (Fsp3) is 0.269. The predicted octanol–water partition coefficient (Wildman–Crippen LogP) is 5.38. The first-order valence-electron chi connectivity index (χ1n) is 11.7. The summed E-state index contributed by atoms with van der Waals surface area (Å²) in [5, 5.41) is 3.13. The number of anilines is 1. The number of benzene rings is 2. The van der Waals surface area contributed by atoms with Gasteiger partial charge in [0.05, 0.1) is 26.7 Å². The molecule has 1 amide bonds. The Kier molecular flexibility index (Phi) is 8.80. The molecule has 2 heterocycles. The first kappa shape index (κ1) is 27.1. The standard InChI is InChI=1S/C26H28N4O4S3/c1-4-20-15-27-25(34-20)18(3)35-23-16-28-26(36-23)29-24(31)22(14-19-8-6-5-7-9-19)30-37(32,33)21-12-10-17(2)11-13-21/h5-13,15-16,18,22,30H,4,14H2,1-3H3,(H,28,29,31). The van der Waals surface area contributed by atoms with Gasteiger partial charge in [0.1, 0.15) is 11.8 Å². The zero-order valence-electron chi connectivity index (χ0n) is 20.7. The molecule has 0 fully saturated rings. The third-order valence-corrected chi connectivity index (χ3v) is 9.13. The number of aromatic nitrogens is 2. The SMILES string of the molecule is CCc1cnc(C(C)Sc2cnc(NC(=O)C(Cc3ccccc3)NS(=O)(=O)c3ccc(C)cc3)s2)o1. The van der Waals surface area contributed by atoms with E-state index in [2.05, 4.69) is 20.0 Å². The Morgan fingerprint density at radius 3 is 2.49 bits per heavy atom. The Labute approximate surface area is 225 Å². The van der Waals surface area contributed by atoms with E-state index in [4.69, 9.17) is 4.42 Å². The Balaban J connectivity index is 1.47. The summed E-state index contributed by atoms with van der Waals surface area (Å²) in [5.74, 6) is 0.977. The molecule has 37 heavy (non-hydrogen) atoms. The molecule has 4 rings (SSSR count). The molecule has 2 N–H and O–H groups in total. The highest BCUT2D eigenvalue weighted by Crippen LogP contribution is 2.38. The van der Waals surface area contributed by atoms with Crippen molar-refractivity contribution in [1.29, 1.82) is 0 Å². The van der Waals surface area contributed by atoms with Gasteiger partial charge >= 0.3 is 0 Å². The second-order valence-corrected chi connectivity index (χ2v) is 12.8. The van der Waals surface area contributed by atoms with Crippen molar-refractivity contribution < 1.29 is 17.6 Å². The topological polar surface area (TPSA) is 114 Å². The summed E-state index contributed by atoms with van der Waals surface area (Å²) in [6.07, 6.45) is 4.37. The Bertz CT molecular complexity index is 1430. The van der Waals surface area contributed by atoms with Gasteiger partial charge < -0.3 is 9.73 Å². The lowest BCUT2D eigenvalue weighted by atomic mass is 10.1. The summed E-state index contributed by atoms with van der Waals surface area (Å²) in [4.78, 5) is 22.0. The quantitative estimate of drug-likeness (QED) is 0.238. The van der Waals surface area contributed by atoms with E-state index in [1.807, 2.05) is 51.1 Å². The predicted molar refractivity (Wildman–Crippen MR) is 146 cm³/mol. The number of thiazole rings is 1. The molecule has 2 aromatic heterocycles. The molecule has 11 heteroatoms. The van der Waals surface area contributed by atoms with Gasteiger partial charge in [-0.2, -0.15) is 4.72 Å². The number of rotatable bonds is 11. The number of hydrogen-bond donors (Lipinski definition) is 2. The molecule has 0 radical (unpaired) electrons. The Hall–Kier alpha value is -2.99. The smallest absolute Gasteiger partial charge is 0.244 e. The highest BCUT2D eigenvalue weighted by molar-refractivity contribution is 8.01. The van der Waals surface area contributed by atoms with Gasteiger partial charge in [0.25, 0.3) is 0 Å². The van der Waals surface area contributed by atoms with Crippen LogP contribution in [0.5, 0.6) is 0 Å². The lowest BCUT2D eigenvalue weighted by molar-refractivity contribution is -0.117. The molecule has 2 atom stereocenters. The molecule has 0 aliphatic rings. The van der Waals surface area contributed by atoms with E-state index in [-0.39, 0.29) is 16.6 Å². The van der Waals surface area contributed by atoms with Crippen LogP contribution < -0.4 is 10.0 Å². The van der Waals surface area contributed by atoms with Crippen LogP contribution >= 0.6 is 23.1 Å². The minimum Gasteiger partial charge on any atom is -0.445 e. The highest BCUT2D eigenvalue weighted by Gasteiger charge is 2.27. The van der Waals surface area contributed by atoms with E-state index in [0.29, 0.717) is 11.0 Å². The third kappa shape index (κ3) is 7.29. The van der Waals surface area contributed by atoms with E-state index in [0.717, 1.165) is 27.5 Å². The second kappa shape index (κ2) is 12.0. The molecule has 4 aromatic rings. The molecular weight excluding hydrogens is 529 g/mol. The van der Waals surface area contributed by atoms with E-state index >= 15 is 0 Å². The number of nitrogens with one attached hydrogen (secondary N) is 2. The first-order valence-corrected chi connectivity index (χ1v) is 14.9. The normalized spacial score (nSPS) is 13.3. The number of aryl methyl sites for hydroxylation is 2. The summed E-state index contributed by atoms with van der Waals surface area (Å²) in [6.45, 7) is 5.88. The minimum absolute atomic E-state index is 0.0311. The van der Waals surface area contributed by atoms with Crippen molar-refractivity contribution in [1.82, 2.24) is 14.7 Å². The van der Waals surface area contributed by atoms with Crippen LogP contribution in [0.15, 0.2) is 80.5 Å². The molecule has 0 saturated heterocycles. The van der Waals surface area contributed by atoms with Crippen LogP contribution in [-0.2, 0) is 27.7 Å². The zero-order chi connectivity index (χ0) is 26.4. The molecule has 194 valence electrons. The van der Waals surface area contributed by atoms with Crippen molar-refractivity contribution in [2.45, 2.75) is 54.0 Å². The number of amides is 1. The van der Waals surface area contributed by atoms with E-state index < -0.39 is 22.0 Å². The number of thioether (sulfide) groups is 1. The van der Waals surface area contributed by atoms with Crippen molar-refractivity contribution >= 4 is 44.2 Å². The van der Waals surface area contributed by atoms with Gasteiger partial charge in [-0.1, -0.05) is 66.3 Å². The van der Waals surface area contributed by atoms with Crippen LogP contribution in [-0.4, -0.2) is 30.3 Å². The number of hydrogen-bond acceptors (Lipinski definition) is 8. The van der Waals surface area contributed by atoms with Crippen LogP contribution in [0.4, 0.5) is 5.13 Å². The maximum atomic E-state index is 13.3. The Morgan fingerprint density at radius 1 is 1.08 bits per heavy atom. The molecular formula is C26H28N4O4S3. The summed E-state index contributed by atoms with van der Waals surface area (Å²) in [6, 6.07) is 14.7. The van der Waals surface area contributed by atoms with E-state index in [1.54, 1.807) is 24.5 Å². The minimum atomic E-state index is -3.92. The second-order valence-electron chi connectivity index (χ2n) is 8.43. The van der Waals surface area contributed by atoms with Crippen LogP contribution in [0.1, 0.15) is 41.9 Å². The van der Waals surface area contributed by atoms with Gasteiger partial charge in [0, 0.05) is 6.42 Å². The molecule has 0 aliphatic carbocycles. The average molecular weight is 557 g/mol. The number of sulfonamides is 1. The lowest BCUT2D eigenvalue weighted by Crippen LogP contribution is -2.45.